The molecule has 0 radical (unpaired) electrons. The number of methoxy groups -OCH3 is 1. The molecular formula is C15H20N2O3. The van der Waals surface area contributed by atoms with Gasteiger partial charge >= 0.3 is 6.09 Å². The average Bonchev–Trinajstić information content (AvgIpc) is 2.88. The zero-order chi connectivity index (χ0) is 14.1. The minimum Gasteiger partial charge on any atom is -0.453 e. The van der Waals surface area contributed by atoms with Crippen molar-refractivity contribution in [3.63, 3.8) is 0 Å². The third kappa shape index (κ3) is 2.39. The van der Waals surface area contributed by atoms with E-state index in [1.54, 1.807) is 4.90 Å². The van der Waals surface area contributed by atoms with Gasteiger partial charge in [-0.1, -0.05) is 24.3 Å². The third-order valence-corrected chi connectivity index (χ3v) is 4.32. The molecule has 5 heteroatoms. The second-order valence-corrected chi connectivity index (χ2v) is 5.50. The van der Waals surface area contributed by atoms with E-state index in [0.717, 1.165) is 19.5 Å². The fourth-order valence-electron chi connectivity index (χ4n) is 3.21. The summed E-state index contributed by atoms with van der Waals surface area (Å²) < 4.78 is 4.73. The highest BCUT2D eigenvalue weighted by atomic mass is 16.5. The molecular weight excluding hydrogens is 256 g/mol. The van der Waals surface area contributed by atoms with Crippen LogP contribution in [0.3, 0.4) is 0 Å². The van der Waals surface area contributed by atoms with E-state index in [4.69, 9.17) is 4.74 Å². The molecule has 2 aliphatic heterocycles. The molecule has 2 atom stereocenters. The van der Waals surface area contributed by atoms with Gasteiger partial charge in [0.05, 0.1) is 25.8 Å². The zero-order valence-electron chi connectivity index (χ0n) is 11.7. The molecule has 2 aliphatic rings. The van der Waals surface area contributed by atoms with Crippen LogP contribution in [0.5, 0.6) is 0 Å². The fourth-order valence-corrected chi connectivity index (χ4v) is 3.21. The van der Waals surface area contributed by atoms with E-state index in [9.17, 15) is 9.90 Å². The van der Waals surface area contributed by atoms with Gasteiger partial charge in [-0.3, -0.25) is 4.90 Å². The lowest BCUT2D eigenvalue weighted by Gasteiger charge is -2.34. The summed E-state index contributed by atoms with van der Waals surface area (Å²) in [6, 6.07) is 8.42. The number of carbonyl (C=O) groups is 1. The summed E-state index contributed by atoms with van der Waals surface area (Å²) >= 11 is 0. The van der Waals surface area contributed by atoms with Gasteiger partial charge in [0.2, 0.25) is 0 Å². The first kappa shape index (κ1) is 13.4. The first-order chi connectivity index (χ1) is 9.69. The molecule has 1 aromatic carbocycles. The van der Waals surface area contributed by atoms with Gasteiger partial charge in [-0.15, -0.1) is 0 Å². The molecule has 0 spiro atoms. The van der Waals surface area contributed by atoms with Crippen molar-refractivity contribution in [1.29, 1.82) is 0 Å². The summed E-state index contributed by atoms with van der Waals surface area (Å²) in [5, 5.41) is 10.2. The fraction of sp³-hybridized carbons (Fsp3) is 0.533. The maximum Gasteiger partial charge on any atom is 0.409 e. The number of hydrogen-bond donors (Lipinski definition) is 1. The van der Waals surface area contributed by atoms with Crippen LogP contribution >= 0.6 is 0 Å². The van der Waals surface area contributed by atoms with Crippen LogP contribution in [0, 0.1) is 0 Å². The van der Waals surface area contributed by atoms with Gasteiger partial charge in [-0.2, -0.15) is 0 Å². The van der Waals surface area contributed by atoms with Crippen molar-refractivity contribution in [2.45, 2.75) is 25.1 Å². The van der Waals surface area contributed by atoms with Crippen molar-refractivity contribution >= 4 is 6.09 Å². The molecule has 1 N–H and O–H groups in total. The molecule has 1 amide bonds. The molecule has 2 unspecified atom stereocenters. The predicted molar refractivity (Wildman–Crippen MR) is 74.3 cm³/mol. The van der Waals surface area contributed by atoms with Gasteiger partial charge in [0.15, 0.2) is 0 Å². The number of nitrogens with zero attached hydrogens (tertiary/aromatic N) is 2. The SMILES string of the molecule is COC(=O)N1CC(O)C(N2CCc3ccccc3C2)C1. The number of hydrogen-bond acceptors (Lipinski definition) is 4. The normalized spacial score (nSPS) is 26.4. The van der Waals surface area contributed by atoms with Crippen LogP contribution in [0.25, 0.3) is 0 Å². The highest BCUT2D eigenvalue weighted by Crippen LogP contribution is 2.24. The predicted octanol–water partition coefficient (Wildman–Crippen LogP) is 0.856. The highest BCUT2D eigenvalue weighted by Gasteiger charge is 2.38. The van der Waals surface area contributed by atoms with Crippen LogP contribution in [0.1, 0.15) is 11.1 Å². The summed E-state index contributed by atoms with van der Waals surface area (Å²) in [7, 11) is 1.37. The Morgan fingerprint density at radius 2 is 2.05 bits per heavy atom. The Morgan fingerprint density at radius 1 is 1.30 bits per heavy atom. The van der Waals surface area contributed by atoms with E-state index in [-0.39, 0.29) is 12.1 Å². The van der Waals surface area contributed by atoms with Gasteiger partial charge in [0.25, 0.3) is 0 Å². The van der Waals surface area contributed by atoms with Gasteiger partial charge in [-0.25, -0.2) is 4.79 Å². The number of aliphatic hydroxyl groups excluding tert-OH is 1. The second-order valence-electron chi connectivity index (χ2n) is 5.50. The molecule has 0 bridgehead atoms. The maximum absolute atomic E-state index is 11.6. The van der Waals surface area contributed by atoms with Crippen LogP contribution in [-0.4, -0.2) is 59.9 Å². The van der Waals surface area contributed by atoms with Crippen molar-refractivity contribution in [3.8, 4) is 0 Å². The highest BCUT2D eigenvalue weighted by molar-refractivity contribution is 5.68. The van der Waals surface area contributed by atoms with Crippen molar-refractivity contribution in [2.24, 2.45) is 0 Å². The number of likely N-dealkylation sites (tertiary alicyclic amines) is 1. The molecule has 0 aromatic heterocycles. The summed E-state index contributed by atoms with van der Waals surface area (Å²) in [6.45, 7) is 2.66. The maximum atomic E-state index is 11.6. The van der Waals surface area contributed by atoms with Crippen LogP contribution in [0.4, 0.5) is 4.79 Å². The molecule has 1 saturated heterocycles. The van der Waals surface area contributed by atoms with Crippen LogP contribution < -0.4 is 0 Å². The van der Waals surface area contributed by atoms with Crippen molar-refractivity contribution in [3.05, 3.63) is 35.4 Å². The smallest absolute Gasteiger partial charge is 0.409 e. The summed E-state index contributed by atoms with van der Waals surface area (Å²) in [6.07, 6.45) is 0.140. The number of β-amino-alcohol motifs (C(OH)–C–C–N with tert-alkyl or cyclic N) is 1. The monoisotopic (exact) mass is 276 g/mol. The minimum absolute atomic E-state index is 0.00227. The number of ether oxygens (including phenoxy) is 1. The van der Waals surface area contributed by atoms with E-state index in [1.807, 2.05) is 6.07 Å². The molecule has 1 fully saturated rings. The molecule has 5 nitrogen and oxygen atoms in total. The van der Waals surface area contributed by atoms with Crippen LogP contribution in [-0.2, 0) is 17.7 Å². The van der Waals surface area contributed by atoms with Gasteiger partial charge < -0.3 is 14.7 Å². The lowest BCUT2D eigenvalue weighted by atomic mass is 9.98. The number of carbonyl (C=O) groups excluding carboxylic acids is 1. The minimum atomic E-state index is -0.501. The van der Waals surface area contributed by atoms with Crippen molar-refractivity contribution in [1.82, 2.24) is 9.80 Å². The van der Waals surface area contributed by atoms with Crippen LogP contribution in [0.15, 0.2) is 24.3 Å². The Balaban J connectivity index is 1.70. The number of rotatable bonds is 1. The molecule has 2 heterocycles. The summed E-state index contributed by atoms with van der Waals surface area (Å²) in [5.74, 6) is 0. The standard InChI is InChI=1S/C15H20N2O3/c1-20-15(19)17-9-13(14(18)10-17)16-7-6-11-4-2-3-5-12(11)8-16/h2-5,13-14,18H,6-10H2,1H3. The molecule has 0 saturated carbocycles. The average molecular weight is 276 g/mol. The first-order valence-electron chi connectivity index (χ1n) is 7.01. The first-order valence-corrected chi connectivity index (χ1v) is 7.01. The second kappa shape index (κ2) is 5.42. The van der Waals surface area contributed by atoms with Gasteiger partial charge in [0, 0.05) is 19.6 Å². The number of fused-ring (bicyclic) bond motifs is 1. The number of benzene rings is 1. The topological polar surface area (TPSA) is 53.0 Å². The summed E-state index contributed by atoms with van der Waals surface area (Å²) in [4.78, 5) is 15.4. The Labute approximate surface area is 118 Å². The molecule has 20 heavy (non-hydrogen) atoms. The van der Waals surface area contributed by atoms with Crippen molar-refractivity contribution in [2.75, 3.05) is 26.7 Å². The molecule has 108 valence electrons. The largest absolute Gasteiger partial charge is 0.453 e. The lowest BCUT2D eigenvalue weighted by Crippen LogP contribution is -2.45. The van der Waals surface area contributed by atoms with Gasteiger partial charge in [-0.05, 0) is 17.5 Å². The van der Waals surface area contributed by atoms with E-state index >= 15 is 0 Å². The van der Waals surface area contributed by atoms with E-state index in [1.165, 1.54) is 18.2 Å². The van der Waals surface area contributed by atoms with E-state index in [2.05, 4.69) is 23.1 Å². The quantitative estimate of drug-likeness (QED) is 0.826. The number of amides is 1. The molecule has 1 aromatic rings. The molecule has 0 aliphatic carbocycles. The Kier molecular flexibility index (Phi) is 3.63. The van der Waals surface area contributed by atoms with Crippen molar-refractivity contribution < 1.29 is 14.6 Å². The lowest BCUT2D eigenvalue weighted by molar-refractivity contribution is 0.0745. The van der Waals surface area contributed by atoms with E-state index < -0.39 is 6.10 Å². The van der Waals surface area contributed by atoms with Crippen LogP contribution in [0.2, 0.25) is 0 Å². The number of aliphatic hydroxyl groups is 1. The molecule has 3 rings (SSSR count). The zero-order valence-corrected chi connectivity index (χ0v) is 11.7. The van der Waals surface area contributed by atoms with E-state index in [0.29, 0.717) is 13.1 Å². The Bertz CT molecular complexity index is 506. The third-order valence-electron chi connectivity index (χ3n) is 4.32. The Morgan fingerprint density at radius 3 is 2.80 bits per heavy atom. The Hall–Kier alpha value is -1.59. The van der Waals surface area contributed by atoms with Gasteiger partial charge in [0.1, 0.15) is 0 Å². The summed E-state index contributed by atoms with van der Waals surface area (Å²) in [5.41, 5.74) is 2.71.